The Morgan fingerprint density at radius 1 is 0.552 bits per heavy atom. The maximum absolute atomic E-state index is 15.5. The summed E-state index contributed by atoms with van der Waals surface area (Å²) in [5, 5.41) is 221. The topological polar surface area (TPSA) is 532 Å². The molecule has 96 heavy (non-hydrogen) atoms. The van der Waals surface area contributed by atoms with Crippen LogP contribution in [0.2, 0.25) is 0 Å². The lowest BCUT2D eigenvalue weighted by Gasteiger charge is -2.72. The first kappa shape index (κ1) is 75.1. The van der Waals surface area contributed by atoms with Crippen molar-refractivity contribution in [1.82, 2.24) is 0 Å². The lowest BCUT2D eigenvalue weighted by Crippen LogP contribution is -2.71. The van der Waals surface area contributed by atoms with Crippen molar-refractivity contribution in [2.75, 3.05) is 52.9 Å². The average Bonchev–Trinajstić information content (AvgIpc) is 1.24. The zero-order valence-corrected chi connectivity index (χ0v) is 54.5. The van der Waals surface area contributed by atoms with E-state index < -0.39 is 275 Å². The highest BCUT2D eigenvalue weighted by molar-refractivity contribution is 5.80. The molecule has 10 fully saturated rings. The predicted molar refractivity (Wildman–Crippen MR) is 314 cm³/mol. The zero-order chi connectivity index (χ0) is 70.1. The van der Waals surface area contributed by atoms with E-state index in [1.807, 2.05) is 6.92 Å². The molecule has 4 saturated carbocycles. The Morgan fingerprint density at radius 2 is 1.16 bits per heavy atom. The minimum absolute atomic E-state index is 0.0176. The Kier molecular flexibility index (Phi) is 21.8. The van der Waals surface area contributed by atoms with Crippen LogP contribution in [0.25, 0.3) is 0 Å². The summed E-state index contributed by atoms with van der Waals surface area (Å²) in [6.07, 6.45) is -43.1. The van der Waals surface area contributed by atoms with Crippen LogP contribution in [0.3, 0.4) is 0 Å². The number of rotatable bonds is 17. The number of ether oxygens (including phenoxy) is 12. The lowest BCUT2D eigenvalue weighted by atomic mass is 9.33. The van der Waals surface area contributed by atoms with E-state index in [-0.39, 0.29) is 30.6 Å². The van der Waals surface area contributed by atoms with E-state index in [0.29, 0.717) is 32.1 Å². The van der Waals surface area contributed by atoms with E-state index in [4.69, 9.17) is 56.8 Å². The molecule has 20 N–H and O–H groups in total. The molecule has 11 rings (SSSR count). The molecule has 0 aromatic rings. The second-order valence-corrected chi connectivity index (χ2v) is 30.7. The third-order valence-electron chi connectivity index (χ3n) is 24.7. The molecule has 552 valence electrons. The summed E-state index contributed by atoms with van der Waals surface area (Å²) in [6.45, 7) is 6.34. The summed E-state index contributed by atoms with van der Waals surface area (Å²) >= 11 is 0. The zero-order valence-electron chi connectivity index (χ0n) is 54.5. The Balaban J connectivity index is 0.793. The predicted octanol–water partition coefficient (Wildman–Crippen LogP) is -7.55. The number of hydrogen-bond donors (Lipinski definition) is 20. The van der Waals surface area contributed by atoms with E-state index in [1.54, 1.807) is 0 Å². The number of aliphatic hydroxyl groups excluding tert-OH is 19. The van der Waals surface area contributed by atoms with Crippen molar-refractivity contribution in [2.24, 2.45) is 50.2 Å². The number of allylic oxidation sites excluding steroid dienone is 2. The van der Waals surface area contributed by atoms with Crippen molar-refractivity contribution in [3.05, 3.63) is 11.6 Å². The van der Waals surface area contributed by atoms with Gasteiger partial charge in [-0.05, 0) is 97.7 Å². The fraction of sp³-hybridized carbons (Fsp3) is 0.952. The molecular formula is C63H102O33. The van der Waals surface area contributed by atoms with E-state index >= 15 is 4.79 Å². The number of carbonyl (C=O) groups excluding carboxylic acids is 1. The molecule has 0 bridgehead atoms. The van der Waals surface area contributed by atoms with Crippen LogP contribution in [-0.4, -0.2) is 339 Å². The smallest absolute Gasteiger partial charge is 0.317 e. The summed E-state index contributed by atoms with van der Waals surface area (Å²) in [4.78, 5) is 15.5. The molecule has 0 spiro atoms. The Hall–Kier alpha value is -2.03. The highest BCUT2D eigenvalue weighted by Gasteiger charge is 2.74. The summed E-state index contributed by atoms with van der Waals surface area (Å²) < 4.78 is 70.1. The fourth-order valence-electron chi connectivity index (χ4n) is 18.8. The lowest BCUT2D eigenvalue weighted by molar-refractivity contribution is -0.372. The van der Waals surface area contributed by atoms with Gasteiger partial charge in [-0.3, -0.25) is 4.79 Å². The molecular weight excluding hydrogens is 1280 g/mol. The van der Waals surface area contributed by atoms with Crippen LogP contribution in [0.1, 0.15) is 92.9 Å². The van der Waals surface area contributed by atoms with Gasteiger partial charge in [-0.25, -0.2) is 0 Å². The Bertz CT molecular complexity index is 2710. The largest absolute Gasteiger partial charge is 0.432 e. The maximum Gasteiger partial charge on any atom is 0.317 e. The molecule has 6 aliphatic heterocycles. The summed E-state index contributed by atoms with van der Waals surface area (Å²) in [5.41, 5.74) is -7.34. The third-order valence-corrected chi connectivity index (χ3v) is 24.7. The van der Waals surface area contributed by atoms with Gasteiger partial charge in [-0.15, -0.1) is 0 Å². The van der Waals surface area contributed by atoms with Gasteiger partial charge in [0.1, 0.15) is 115 Å². The molecule has 6 saturated heterocycles. The van der Waals surface area contributed by atoms with Crippen molar-refractivity contribution in [3.8, 4) is 0 Å². The van der Waals surface area contributed by atoms with E-state index in [1.165, 1.54) is 6.92 Å². The van der Waals surface area contributed by atoms with Crippen molar-refractivity contribution in [3.63, 3.8) is 0 Å². The molecule has 5 aliphatic carbocycles. The van der Waals surface area contributed by atoms with Crippen LogP contribution in [0.5, 0.6) is 0 Å². The number of carbonyl (C=O) groups is 1. The van der Waals surface area contributed by atoms with E-state index in [0.717, 1.165) is 5.57 Å². The van der Waals surface area contributed by atoms with E-state index in [2.05, 4.69) is 33.8 Å². The molecule has 31 unspecified atom stereocenters. The Labute approximate surface area is 553 Å². The van der Waals surface area contributed by atoms with Crippen LogP contribution in [0.15, 0.2) is 11.6 Å². The average molecular weight is 1390 g/mol. The molecule has 0 aromatic carbocycles. The van der Waals surface area contributed by atoms with Crippen molar-refractivity contribution < 1.29 is 164 Å². The molecule has 11 aliphatic rings. The quantitative estimate of drug-likeness (QED) is 0.0365. The van der Waals surface area contributed by atoms with Gasteiger partial charge in [0.15, 0.2) is 37.6 Å². The minimum Gasteiger partial charge on any atom is -0.432 e. The standard InChI is InChI=1S/C63H102O33/c1-24-45(92-51-44(81)46(29(70)18-85-51)93-55-48(82)62(84,22-67)23-88-55)40(77)43(80)52(89-24)94-47-35(72)28(69)17-86-54(47)96-56(83)63-12-11-57(2,3)13-26(63)25-7-8-32-58(4)14-27(68)49(61(20-65,21-66)33(58)9-10-59(32,5)60(25,6)15-34(63)71)95-53-42(79)39(76)37(74)31(91-53)19-87-50-41(78)38(75)36(73)30(16-64)90-50/h7,24,26-55,64-82,84H,8-23H2,1-6H3/t24?,26?,27?,28?,29?,30?,31?,32?,33?,34?,35?,36?,37?,38?,39?,40?,41?,42?,43?,44?,45?,46?,47?,48?,49?,50?,51?,52?,53?,54?,55?,58-,59-,60+,62+,63+/m1/s1. The van der Waals surface area contributed by atoms with E-state index in [9.17, 15) is 102 Å². The molecule has 33 heteroatoms. The first-order valence-corrected chi connectivity index (χ1v) is 33.4. The second-order valence-electron chi connectivity index (χ2n) is 30.7. The minimum atomic E-state index is -2.09. The van der Waals surface area contributed by atoms with Crippen LogP contribution in [-0.2, 0) is 61.6 Å². The number of hydrogen-bond acceptors (Lipinski definition) is 33. The Morgan fingerprint density at radius 3 is 1.81 bits per heavy atom. The van der Waals surface area contributed by atoms with Crippen LogP contribution < -0.4 is 0 Å². The SMILES string of the molecule is CC1OC(OC2C(OC(=O)[C@@]34CCC(C)(C)CC3C3=CCC5[C@@]6(C)CC(O)C(OC7OC(COC8OC(CO)C(O)C(O)C8O)C(O)C(O)C7O)C(CO)(CO)C6CC[C@@]5(C)[C@@]3(C)CC4O)OCC(O)C2O)C(O)C(O)C1OC1OCC(O)C(OC2OC[C@@](O)(CO)C2O)C1O. The van der Waals surface area contributed by atoms with Gasteiger partial charge in [0.2, 0.25) is 6.29 Å². The van der Waals surface area contributed by atoms with Gasteiger partial charge in [-0.1, -0.05) is 46.3 Å². The van der Waals surface area contributed by atoms with Crippen LogP contribution in [0.4, 0.5) is 0 Å². The molecule has 33 nitrogen and oxygen atoms in total. The second kappa shape index (κ2) is 27.9. The van der Waals surface area contributed by atoms with Gasteiger partial charge in [0.05, 0.1) is 77.3 Å². The highest BCUT2D eigenvalue weighted by Crippen LogP contribution is 2.76. The first-order chi connectivity index (χ1) is 45.1. The number of aliphatic hydroxyl groups is 20. The van der Waals surface area contributed by atoms with Crippen LogP contribution >= 0.6 is 0 Å². The van der Waals surface area contributed by atoms with Crippen molar-refractivity contribution in [1.29, 1.82) is 0 Å². The molecule has 0 radical (unpaired) electrons. The van der Waals surface area contributed by atoms with Crippen molar-refractivity contribution in [2.45, 2.75) is 271 Å². The fourth-order valence-corrected chi connectivity index (χ4v) is 18.8. The first-order valence-electron chi connectivity index (χ1n) is 33.4. The van der Waals surface area contributed by atoms with Crippen molar-refractivity contribution >= 4 is 5.97 Å². The number of esters is 1. The van der Waals surface area contributed by atoms with Gasteiger partial charge in [0, 0.05) is 5.41 Å². The summed E-state index contributed by atoms with van der Waals surface area (Å²) in [6, 6.07) is 0. The van der Waals surface area contributed by atoms with Gasteiger partial charge in [0.25, 0.3) is 0 Å². The third kappa shape index (κ3) is 12.4. The maximum atomic E-state index is 15.5. The summed E-state index contributed by atoms with van der Waals surface area (Å²) in [7, 11) is 0. The molecule has 36 atom stereocenters. The monoisotopic (exact) mass is 1390 g/mol. The molecule has 0 aromatic heterocycles. The summed E-state index contributed by atoms with van der Waals surface area (Å²) in [5.74, 6) is -2.50. The molecule has 6 heterocycles. The van der Waals surface area contributed by atoms with Gasteiger partial charge in [-0.2, -0.15) is 0 Å². The van der Waals surface area contributed by atoms with Gasteiger partial charge < -0.3 is 159 Å². The normalized spacial score (nSPS) is 54.0. The number of fused-ring (bicyclic) bond motifs is 7. The highest BCUT2D eigenvalue weighted by atomic mass is 16.8. The van der Waals surface area contributed by atoms with Crippen LogP contribution in [0, 0.1) is 50.2 Å². The van der Waals surface area contributed by atoms with Gasteiger partial charge >= 0.3 is 5.97 Å². The molecule has 0 amide bonds.